The highest BCUT2D eigenvalue weighted by atomic mass is 16.5. The van der Waals surface area contributed by atoms with Gasteiger partial charge in [-0.15, -0.1) is 0 Å². The fraction of sp³-hybridized carbons (Fsp3) is 0.400. The van der Waals surface area contributed by atoms with Crippen LogP contribution in [0.5, 0.6) is 5.75 Å². The first kappa shape index (κ1) is 20.5. The molecule has 0 saturated heterocycles. The van der Waals surface area contributed by atoms with E-state index < -0.39 is 0 Å². The molecule has 0 fully saturated rings. The first-order valence-electron chi connectivity index (χ1n) is 10.8. The number of para-hydroxylation sites is 1. The average molecular weight is 406 g/mol. The lowest BCUT2D eigenvalue weighted by Gasteiger charge is -2.25. The zero-order valence-corrected chi connectivity index (χ0v) is 18.0. The minimum absolute atomic E-state index is 0.0326. The van der Waals surface area contributed by atoms with Gasteiger partial charge in [0, 0.05) is 30.2 Å². The molecule has 0 spiro atoms. The van der Waals surface area contributed by atoms with E-state index >= 15 is 0 Å². The Balaban J connectivity index is 1.48. The fourth-order valence-corrected chi connectivity index (χ4v) is 4.44. The summed E-state index contributed by atoms with van der Waals surface area (Å²) in [5.41, 5.74) is 3.78. The fourth-order valence-electron chi connectivity index (χ4n) is 4.44. The molecule has 4 rings (SSSR count). The van der Waals surface area contributed by atoms with Crippen molar-refractivity contribution in [1.82, 2.24) is 15.2 Å². The van der Waals surface area contributed by atoms with Crippen LogP contribution in [0.2, 0.25) is 0 Å². The topological polar surface area (TPSA) is 55.3 Å². The van der Waals surface area contributed by atoms with Gasteiger partial charge >= 0.3 is 0 Å². The smallest absolute Gasteiger partial charge is 0.237 e. The van der Waals surface area contributed by atoms with Crippen LogP contribution in [-0.2, 0) is 18.3 Å². The lowest BCUT2D eigenvalue weighted by molar-refractivity contribution is -0.123. The second kappa shape index (κ2) is 8.92. The molecule has 158 valence electrons. The molecule has 2 heterocycles. The largest absolute Gasteiger partial charge is 0.492 e. The molecule has 3 aromatic rings. The number of hydrogen-bond acceptors (Lipinski definition) is 3. The van der Waals surface area contributed by atoms with Crippen molar-refractivity contribution in [2.45, 2.75) is 38.8 Å². The molecule has 0 bridgehead atoms. The number of aromatic nitrogens is 1. The Labute approximate surface area is 178 Å². The number of carbonyl (C=O) groups is 1. The van der Waals surface area contributed by atoms with Gasteiger partial charge in [-0.1, -0.05) is 44.2 Å². The van der Waals surface area contributed by atoms with E-state index in [1.165, 1.54) is 22.0 Å². The molecule has 1 aromatic heterocycles. The average Bonchev–Trinajstić information content (AvgIpc) is 2.97. The van der Waals surface area contributed by atoms with Crippen LogP contribution in [0, 0.1) is 5.92 Å². The summed E-state index contributed by atoms with van der Waals surface area (Å²) in [5, 5.41) is 8.02. The molecular formula is C25H31N3O2. The Morgan fingerprint density at radius 2 is 2.00 bits per heavy atom. The summed E-state index contributed by atoms with van der Waals surface area (Å²) in [7, 11) is 2.08. The van der Waals surface area contributed by atoms with Crippen LogP contribution in [0.4, 0.5) is 0 Å². The van der Waals surface area contributed by atoms with Gasteiger partial charge in [-0.2, -0.15) is 0 Å². The lowest BCUT2D eigenvalue weighted by Crippen LogP contribution is -2.47. The second-order valence-electron chi connectivity index (χ2n) is 8.56. The summed E-state index contributed by atoms with van der Waals surface area (Å²) in [6.45, 7) is 5.40. The van der Waals surface area contributed by atoms with Gasteiger partial charge in [0.1, 0.15) is 12.4 Å². The van der Waals surface area contributed by atoms with Gasteiger partial charge in [0.15, 0.2) is 0 Å². The van der Waals surface area contributed by atoms with Crippen molar-refractivity contribution in [3.05, 3.63) is 65.9 Å². The van der Waals surface area contributed by atoms with E-state index in [1.54, 1.807) is 0 Å². The van der Waals surface area contributed by atoms with Gasteiger partial charge in [0.2, 0.25) is 5.91 Å². The van der Waals surface area contributed by atoms with Gasteiger partial charge in [-0.05, 0) is 48.1 Å². The number of benzene rings is 2. The van der Waals surface area contributed by atoms with Crippen LogP contribution in [0.15, 0.2) is 54.7 Å². The third-order valence-electron chi connectivity index (χ3n) is 5.76. The highest BCUT2D eigenvalue weighted by Crippen LogP contribution is 2.35. The first-order valence-corrected chi connectivity index (χ1v) is 10.8. The number of rotatable bonds is 7. The quantitative estimate of drug-likeness (QED) is 0.585. The first-order chi connectivity index (χ1) is 14.5. The summed E-state index contributed by atoms with van der Waals surface area (Å²) in [6.07, 6.45) is 3.86. The molecule has 0 unspecified atom stereocenters. The summed E-state index contributed by atoms with van der Waals surface area (Å²) in [5.74, 6) is 1.38. The van der Waals surface area contributed by atoms with Crippen molar-refractivity contribution in [2.75, 3.05) is 13.2 Å². The van der Waals surface area contributed by atoms with Crippen LogP contribution >= 0.6 is 0 Å². The summed E-state index contributed by atoms with van der Waals surface area (Å²) < 4.78 is 7.88. The predicted molar refractivity (Wildman–Crippen MR) is 121 cm³/mol. The lowest BCUT2D eigenvalue weighted by atomic mass is 9.94. The molecule has 30 heavy (non-hydrogen) atoms. The molecule has 1 aliphatic rings. The Hall–Kier alpha value is -2.79. The SMILES string of the molecule is CC(C)C[C@@H]1N[C@H](C(=O)NCCOc2ccccc2)Cc2cn(C)c3cccc1c23. The zero-order valence-electron chi connectivity index (χ0n) is 18.0. The van der Waals surface area contributed by atoms with E-state index in [0.717, 1.165) is 12.2 Å². The standard InChI is InChI=1S/C25H31N3O2/c1-17(2)14-21-20-10-7-11-23-24(20)18(16-28(23)3)15-22(27-21)25(29)26-12-13-30-19-8-5-4-6-9-19/h4-11,16-17,21-22,27H,12-15H2,1-3H3,(H,26,29)/t21-,22-/m0/s1. The van der Waals surface area contributed by atoms with Gasteiger partial charge in [0.05, 0.1) is 12.6 Å². The molecular weight excluding hydrogens is 374 g/mol. The van der Waals surface area contributed by atoms with Crippen molar-refractivity contribution in [1.29, 1.82) is 0 Å². The molecule has 0 aliphatic carbocycles. The molecule has 2 aromatic carbocycles. The van der Waals surface area contributed by atoms with Gasteiger partial charge in [0.25, 0.3) is 0 Å². The normalized spacial score (nSPS) is 18.4. The molecule has 0 saturated carbocycles. The van der Waals surface area contributed by atoms with Gasteiger partial charge in [-0.25, -0.2) is 0 Å². The number of aryl methyl sites for hydroxylation is 1. The number of hydrogen-bond donors (Lipinski definition) is 2. The molecule has 1 aliphatic heterocycles. The summed E-state index contributed by atoms with van der Waals surface area (Å²) in [4.78, 5) is 13.0. The van der Waals surface area contributed by atoms with Crippen LogP contribution in [0.25, 0.3) is 10.9 Å². The van der Waals surface area contributed by atoms with Crippen LogP contribution in [-0.4, -0.2) is 29.7 Å². The van der Waals surface area contributed by atoms with Crippen molar-refractivity contribution < 1.29 is 9.53 Å². The minimum atomic E-state index is -0.261. The highest BCUT2D eigenvalue weighted by Gasteiger charge is 2.30. The molecule has 1 amide bonds. The summed E-state index contributed by atoms with van der Waals surface area (Å²) in [6, 6.07) is 16.1. The van der Waals surface area contributed by atoms with Crippen LogP contribution in [0.1, 0.15) is 37.4 Å². The molecule has 2 atom stereocenters. The number of amides is 1. The zero-order chi connectivity index (χ0) is 21.1. The van der Waals surface area contributed by atoms with Crippen molar-refractivity contribution in [2.24, 2.45) is 13.0 Å². The Morgan fingerprint density at radius 3 is 2.77 bits per heavy atom. The summed E-state index contributed by atoms with van der Waals surface area (Å²) >= 11 is 0. The number of carbonyl (C=O) groups excluding carboxylic acids is 1. The van der Waals surface area contributed by atoms with Crippen molar-refractivity contribution >= 4 is 16.8 Å². The van der Waals surface area contributed by atoms with E-state index in [9.17, 15) is 4.79 Å². The Kier molecular flexibility index (Phi) is 6.09. The maximum Gasteiger partial charge on any atom is 0.237 e. The Morgan fingerprint density at radius 1 is 1.20 bits per heavy atom. The molecule has 5 nitrogen and oxygen atoms in total. The van der Waals surface area contributed by atoms with Crippen molar-refractivity contribution in [3.63, 3.8) is 0 Å². The molecule has 5 heteroatoms. The molecule has 0 radical (unpaired) electrons. The molecule has 2 N–H and O–H groups in total. The van der Waals surface area contributed by atoms with Crippen LogP contribution < -0.4 is 15.4 Å². The maximum atomic E-state index is 13.0. The number of ether oxygens (including phenoxy) is 1. The van der Waals surface area contributed by atoms with Crippen LogP contribution in [0.3, 0.4) is 0 Å². The maximum absolute atomic E-state index is 13.0. The third kappa shape index (κ3) is 4.36. The van der Waals surface area contributed by atoms with Gasteiger partial charge in [-0.3, -0.25) is 10.1 Å². The monoisotopic (exact) mass is 405 g/mol. The predicted octanol–water partition coefficient (Wildman–Crippen LogP) is 3.98. The van der Waals surface area contributed by atoms with E-state index in [4.69, 9.17) is 4.74 Å². The second-order valence-corrected chi connectivity index (χ2v) is 8.56. The van der Waals surface area contributed by atoms with Gasteiger partial charge < -0.3 is 14.6 Å². The third-order valence-corrected chi connectivity index (χ3v) is 5.76. The van der Waals surface area contributed by atoms with Crippen molar-refractivity contribution in [3.8, 4) is 5.75 Å². The Bertz CT molecular complexity index is 1010. The number of nitrogens with one attached hydrogen (secondary N) is 2. The van der Waals surface area contributed by atoms with E-state index in [0.29, 0.717) is 25.5 Å². The number of nitrogens with zero attached hydrogens (tertiary/aromatic N) is 1. The van der Waals surface area contributed by atoms with E-state index in [2.05, 4.69) is 60.5 Å². The van der Waals surface area contributed by atoms with E-state index in [1.807, 2.05) is 30.3 Å². The highest BCUT2D eigenvalue weighted by molar-refractivity contribution is 5.90. The minimum Gasteiger partial charge on any atom is -0.492 e. The van der Waals surface area contributed by atoms with E-state index in [-0.39, 0.29) is 18.0 Å².